The standard InChI is InChI=1S/C17H24BrNO2/c1-3-8-17(16(20)21)9-11-19(12-10-17)13(2)14-6-4-5-7-15(14)18/h4-7,13H,3,8-12H2,1-2H3,(H,20,21). The topological polar surface area (TPSA) is 40.5 Å². The van der Waals surface area contributed by atoms with Crippen LogP contribution in [0.1, 0.15) is 51.1 Å². The maximum absolute atomic E-state index is 11.6. The number of benzene rings is 1. The fraction of sp³-hybridized carbons (Fsp3) is 0.588. The summed E-state index contributed by atoms with van der Waals surface area (Å²) in [6.45, 7) is 5.98. The van der Waals surface area contributed by atoms with Gasteiger partial charge in [-0.15, -0.1) is 0 Å². The van der Waals surface area contributed by atoms with Crippen LogP contribution >= 0.6 is 15.9 Å². The molecule has 21 heavy (non-hydrogen) atoms. The van der Waals surface area contributed by atoms with Gasteiger partial charge in [-0.3, -0.25) is 9.69 Å². The first kappa shape index (κ1) is 16.5. The first-order chi connectivity index (χ1) is 10.00. The number of piperidine rings is 1. The lowest BCUT2D eigenvalue weighted by atomic mass is 9.74. The zero-order valence-electron chi connectivity index (χ0n) is 12.8. The fourth-order valence-electron chi connectivity index (χ4n) is 3.40. The molecule has 0 bridgehead atoms. The molecule has 0 aliphatic carbocycles. The van der Waals surface area contributed by atoms with E-state index in [1.165, 1.54) is 5.56 Å². The summed E-state index contributed by atoms with van der Waals surface area (Å²) in [6, 6.07) is 8.59. The van der Waals surface area contributed by atoms with Gasteiger partial charge >= 0.3 is 5.97 Å². The van der Waals surface area contributed by atoms with Crippen LogP contribution in [0.3, 0.4) is 0 Å². The SMILES string of the molecule is CCCC1(C(=O)O)CCN(C(C)c2ccccc2Br)CC1. The molecule has 1 aromatic carbocycles. The lowest BCUT2D eigenvalue weighted by molar-refractivity contribution is -0.153. The second-order valence-electron chi connectivity index (χ2n) is 6.07. The number of carbonyl (C=O) groups is 1. The minimum Gasteiger partial charge on any atom is -0.481 e. The summed E-state index contributed by atoms with van der Waals surface area (Å²) in [7, 11) is 0. The van der Waals surface area contributed by atoms with Crippen molar-refractivity contribution in [3.05, 3.63) is 34.3 Å². The number of hydrogen-bond acceptors (Lipinski definition) is 2. The van der Waals surface area contributed by atoms with E-state index in [1.807, 2.05) is 6.07 Å². The van der Waals surface area contributed by atoms with Crippen LogP contribution < -0.4 is 0 Å². The van der Waals surface area contributed by atoms with E-state index in [0.717, 1.165) is 43.2 Å². The normalized spacial score (nSPS) is 20.1. The molecule has 0 radical (unpaired) electrons. The summed E-state index contributed by atoms with van der Waals surface area (Å²) in [6.07, 6.45) is 3.24. The smallest absolute Gasteiger partial charge is 0.309 e. The Kier molecular flexibility index (Phi) is 5.44. The molecule has 1 atom stereocenters. The molecule has 1 aliphatic heterocycles. The van der Waals surface area contributed by atoms with E-state index >= 15 is 0 Å². The highest BCUT2D eigenvalue weighted by Crippen LogP contribution is 2.39. The van der Waals surface area contributed by atoms with Crippen molar-refractivity contribution in [2.75, 3.05) is 13.1 Å². The molecule has 1 aromatic rings. The second-order valence-corrected chi connectivity index (χ2v) is 6.92. The fourth-order valence-corrected chi connectivity index (χ4v) is 4.02. The van der Waals surface area contributed by atoms with Crippen LogP contribution in [0.15, 0.2) is 28.7 Å². The lowest BCUT2D eigenvalue weighted by Crippen LogP contribution is -2.45. The molecule has 1 N–H and O–H groups in total. The Balaban J connectivity index is 2.07. The number of carboxylic acids is 1. The molecule has 4 heteroatoms. The van der Waals surface area contributed by atoms with Crippen molar-refractivity contribution in [2.45, 2.75) is 45.6 Å². The monoisotopic (exact) mass is 353 g/mol. The van der Waals surface area contributed by atoms with Gasteiger partial charge in [0.05, 0.1) is 5.41 Å². The summed E-state index contributed by atoms with van der Waals surface area (Å²) in [5, 5.41) is 9.58. The van der Waals surface area contributed by atoms with E-state index in [-0.39, 0.29) is 0 Å². The zero-order valence-corrected chi connectivity index (χ0v) is 14.4. The van der Waals surface area contributed by atoms with Crippen molar-refractivity contribution >= 4 is 21.9 Å². The van der Waals surface area contributed by atoms with Gasteiger partial charge in [0.25, 0.3) is 0 Å². The van der Waals surface area contributed by atoms with Crippen molar-refractivity contribution in [2.24, 2.45) is 5.41 Å². The Hall–Kier alpha value is -0.870. The average Bonchev–Trinajstić information content (AvgIpc) is 2.48. The zero-order chi connectivity index (χ0) is 15.5. The Morgan fingerprint density at radius 2 is 2.00 bits per heavy atom. The third-order valence-corrected chi connectivity index (χ3v) is 5.56. The van der Waals surface area contributed by atoms with Gasteiger partial charge in [0.2, 0.25) is 0 Å². The first-order valence-corrected chi connectivity index (χ1v) is 8.51. The third kappa shape index (κ3) is 3.49. The summed E-state index contributed by atoms with van der Waals surface area (Å²) in [5.74, 6) is -0.613. The summed E-state index contributed by atoms with van der Waals surface area (Å²) < 4.78 is 1.13. The van der Waals surface area contributed by atoms with Crippen LogP contribution in [0.4, 0.5) is 0 Å². The van der Waals surface area contributed by atoms with E-state index in [9.17, 15) is 9.90 Å². The molecule has 0 spiro atoms. The minimum atomic E-state index is -0.613. The number of hydrogen-bond donors (Lipinski definition) is 1. The van der Waals surface area contributed by atoms with Gasteiger partial charge in [0, 0.05) is 10.5 Å². The van der Waals surface area contributed by atoms with E-state index in [1.54, 1.807) is 0 Å². The molecule has 0 amide bonds. The number of halogens is 1. The Morgan fingerprint density at radius 1 is 1.38 bits per heavy atom. The van der Waals surface area contributed by atoms with Crippen LogP contribution in [0, 0.1) is 5.41 Å². The van der Waals surface area contributed by atoms with Gasteiger partial charge in [-0.25, -0.2) is 0 Å². The van der Waals surface area contributed by atoms with Gasteiger partial charge in [-0.05, 0) is 50.9 Å². The number of rotatable bonds is 5. The van der Waals surface area contributed by atoms with Crippen LogP contribution in [0.5, 0.6) is 0 Å². The Morgan fingerprint density at radius 3 is 2.52 bits per heavy atom. The summed E-state index contributed by atoms with van der Waals surface area (Å²) >= 11 is 3.61. The van der Waals surface area contributed by atoms with Crippen molar-refractivity contribution < 1.29 is 9.90 Å². The third-order valence-electron chi connectivity index (χ3n) is 4.84. The minimum absolute atomic E-state index is 0.314. The number of carboxylic acid groups (broad SMARTS) is 1. The predicted molar refractivity (Wildman–Crippen MR) is 88.3 cm³/mol. The van der Waals surface area contributed by atoms with Gasteiger partial charge in [0.1, 0.15) is 0 Å². The highest BCUT2D eigenvalue weighted by molar-refractivity contribution is 9.10. The van der Waals surface area contributed by atoms with E-state index in [0.29, 0.717) is 6.04 Å². The molecular formula is C17H24BrNO2. The van der Waals surface area contributed by atoms with Gasteiger partial charge in [-0.2, -0.15) is 0 Å². The van der Waals surface area contributed by atoms with Crippen LogP contribution in [0.25, 0.3) is 0 Å². The molecule has 3 nitrogen and oxygen atoms in total. The average molecular weight is 354 g/mol. The molecule has 1 saturated heterocycles. The Labute approximate surface area is 135 Å². The van der Waals surface area contributed by atoms with E-state index in [2.05, 4.69) is 52.9 Å². The maximum atomic E-state index is 11.6. The largest absolute Gasteiger partial charge is 0.481 e. The second kappa shape index (κ2) is 6.93. The molecule has 116 valence electrons. The predicted octanol–water partition coefficient (Wildman–Crippen LogP) is 4.48. The molecule has 0 saturated carbocycles. The van der Waals surface area contributed by atoms with Gasteiger partial charge in [-0.1, -0.05) is 47.5 Å². The molecule has 1 heterocycles. The highest BCUT2D eigenvalue weighted by Gasteiger charge is 2.41. The number of likely N-dealkylation sites (tertiary alicyclic amines) is 1. The molecule has 1 unspecified atom stereocenters. The van der Waals surface area contributed by atoms with E-state index in [4.69, 9.17) is 0 Å². The first-order valence-electron chi connectivity index (χ1n) is 7.72. The molecule has 2 rings (SSSR count). The molecular weight excluding hydrogens is 330 g/mol. The summed E-state index contributed by atoms with van der Waals surface area (Å²) in [5.41, 5.74) is 0.773. The molecule has 0 aromatic heterocycles. The van der Waals surface area contributed by atoms with Crippen LogP contribution in [-0.4, -0.2) is 29.1 Å². The van der Waals surface area contributed by atoms with Crippen LogP contribution in [0.2, 0.25) is 0 Å². The molecule has 1 fully saturated rings. The maximum Gasteiger partial charge on any atom is 0.309 e. The quantitative estimate of drug-likeness (QED) is 0.848. The van der Waals surface area contributed by atoms with Crippen molar-refractivity contribution in [1.82, 2.24) is 4.90 Å². The van der Waals surface area contributed by atoms with Crippen molar-refractivity contribution in [3.8, 4) is 0 Å². The molecule has 1 aliphatic rings. The summed E-state index contributed by atoms with van der Waals surface area (Å²) in [4.78, 5) is 14.0. The van der Waals surface area contributed by atoms with Crippen molar-refractivity contribution in [3.63, 3.8) is 0 Å². The van der Waals surface area contributed by atoms with E-state index < -0.39 is 11.4 Å². The van der Waals surface area contributed by atoms with Crippen molar-refractivity contribution in [1.29, 1.82) is 0 Å². The van der Waals surface area contributed by atoms with Gasteiger partial charge < -0.3 is 5.11 Å². The number of aliphatic carboxylic acids is 1. The highest BCUT2D eigenvalue weighted by atomic mass is 79.9. The lowest BCUT2D eigenvalue weighted by Gasteiger charge is -2.41. The number of nitrogens with zero attached hydrogens (tertiary/aromatic N) is 1. The Bertz CT molecular complexity index is 495. The van der Waals surface area contributed by atoms with Gasteiger partial charge in [0.15, 0.2) is 0 Å². The van der Waals surface area contributed by atoms with Crippen LogP contribution in [-0.2, 0) is 4.79 Å².